The zero-order chi connectivity index (χ0) is 17.4. The molecule has 0 saturated heterocycles. The van der Waals surface area contributed by atoms with Crippen LogP contribution in [0.2, 0.25) is 0 Å². The van der Waals surface area contributed by atoms with Crippen LogP contribution in [0.5, 0.6) is 11.5 Å². The molecule has 0 aliphatic heterocycles. The van der Waals surface area contributed by atoms with Crippen molar-refractivity contribution in [3.05, 3.63) is 70.8 Å². The Bertz CT molecular complexity index is 923. The van der Waals surface area contributed by atoms with Crippen molar-refractivity contribution < 1.29 is 10.2 Å². The summed E-state index contributed by atoms with van der Waals surface area (Å²) in [6.07, 6.45) is 0. The molecule has 2 N–H and O–H groups in total. The monoisotopic (exact) mass is 318 g/mol. The van der Waals surface area contributed by atoms with Crippen molar-refractivity contribution in [1.82, 2.24) is 0 Å². The van der Waals surface area contributed by atoms with Gasteiger partial charge in [-0.3, -0.25) is 0 Å². The number of hydrogen-bond donors (Lipinski definition) is 2. The van der Waals surface area contributed by atoms with Gasteiger partial charge in [0, 0.05) is 5.56 Å². The highest BCUT2D eigenvalue weighted by atomic mass is 16.3. The number of aryl methyl sites for hydroxylation is 4. The molecule has 0 radical (unpaired) electrons. The molecule has 3 rings (SSSR count). The average molecular weight is 318 g/mol. The number of benzene rings is 3. The molecule has 0 aliphatic carbocycles. The third kappa shape index (κ3) is 2.76. The standard InChI is InChI=1S/C22H22O2/c1-13-5-7-17(15(3)11-13)19-9-10-20(23)21(22(19)24)18-8-6-14(2)12-16(18)4/h5-12,23-24H,1-4H3. The fourth-order valence-corrected chi connectivity index (χ4v) is 3.27. The molecule has 0 amide bonds. The summed E-state index contributed by atoms with van der Waals surface area (Å²) in [5, 5.41) is 21.3. The third-order valence-electron chi connectivity index (χ3n) is 4.48. The van der Waals surface area contributed by atoms with E-state index in [1.807, 2.05) is 45.0 Å². The molecular weight excluding hydrogens is 296 g/mol. The Morgan fingerprint density at radius 1 is 0.583 bits per heavy atom. The minimum Gasteiger partial charge on any atom is -0.507 e. The highest BCUT2D eigenvalue weighted by Crippen LogP contribution is 2.45. The molecular formula is C22H22O2. The maximum absolute atomic E-state index is 10.9. The Morgan fingerprint density at radius 2 is 1.08 bits per heavy atom. The van der Waals surface area contributed by atoms with Crippen LogP contribution in [0, 0.1) is 27.7 Å². The quantitative estimate of drug-likeness (QED) is 0.639. The van der Waals surface area contributed by atoms with Gasteiger partial charge in [-0.15, -0.1) is 0 Å². The molecule has 0 atom stereocenters. The molecule has 0 heterocycles. The Balaban J connectivity index is 2.25. The van der Waals surface area contributed by atoms with Gasteiger partial charge in [-0.05, 0) is 62.1 Å². The predicted molar refractivity (Wildman–Crippen MR) is 99.6 cm³/mol. The van der Waals surface area contributed by atoms with Crippen LogP contribution in [0.3, 0.4) is 0 Å². The van der Waals surface area contributed by atoms with E-state index in [0.29, 0.717) is 5.56 Å². The molecule has 0 spiro atoms. The Morgan fingerprint density at radius 3 is 1.62 bits per heavy atom. The van der Waals surface area contributed by atoms with E-state index in [1.165, 1.54) is 5.56 Å². The Labute approximate surface area is 143 Å². The molecule has 0 aromatic heterocycles. The molecule has 0 fully saturated rings. The van der Waals surface area contributed by atoms with E-state index in [1.54, 1.807) is 12.1 Å². The van der Waals surface area contributed by atoms with Gasteiger partial charge in [0.1, 0.15) is 11.5 Å². The van der Waals surface area contributed by atoms with Gasteiger partial charge < -0.3 is 10.2 Å². The molecule has 0 unspecified atom stereocenters. The number of phenolic OH excluding ortho intramolecular Hbond substituents is 2. The van der Waals surface area contributed by atoms with Crippen molar-refractivity contribution in [2.45, 2.75) is 27.7 Å². The summed E-state index contributed by atoms with van der Waals surface area (Å²) in [6, 6.07) is 15.6. The topological polar surface area (TPSA) is 40.5 Å². The summed E-state index contributed by atoms with van der Waals surface area (Å²) in [7, 11) is 0. The van der Waals surface area contributed by atoms with E-state index in [0.717, 1.165) is 33.4 Å². The lowest BCUT2D eigenvalue weighted by molar-refractivity contribution is 0.455. The zero-order valence-corrected chi connectivity index (χ0v) is 14.5. The molecule has 0 bridgehead atoms. The van der Waals surface area contributed by atoms with Crippen molar-refractivity contribution in [1.29, 1.82) is 0 Å². The first-order chi connectivity index (χ1) is 11.4. The second-order valence-corrected chi connectivity index (χ2v) is 6.49. The van der Waals surface area contributed by atoms with Gasteiger partial charge in [0.25, 0.3) is 0 Å². The van der Waals surface area contributed by atoms with E-state index in [4.69, 9.17) is 0 Å². The first kappa shape index (κ1) is 16.1. The van der Waals surface area contributed by atoms with E-state index < -0.39 is 0 Å². The maximum atomic E-state index is 10.9. The van der Waals surface area contributed by atoms with Crippen molar-refractivity contribution in [2.24, 2.45) is 0 Å². The van der Waals surface area contributed by atoms with Crippen LogP contribution in [0.4, 0.5) is 0 Å². The van der Waals surface area contributed by atoms with Crippen LogP contribution in [0.25, 0.3) is 22.3 Å². The molecule has 2 nitrogen and oxygen atoms in total. The lowest BCUT2D eigenvalue weighted by atomic mass is 9.91. The highest BCUT2D eigenvalue weighted by molar-refractivity contribution is 5.87. The van der Waals surface area contributed by atoms with Gasteiger partial charge >= 0.3 is 0 Å². The van der Waals surface area contributed by atoms with Crippen molar-refractivity contribution in [2.75, 3.05) is 0 Å². The second-order valence-electron chi connectivity index (χ2n) is 6.49. The summed E-state index contributed by atoms with van der Waals surface area (Å²) in [5.41, 5.74) is 7.52. The fraction of sp³-hybridized carbons (Fsp3) is 0.182. The van der Waals surface area contributed by atoms with E-state index >= 15 is 0 Å². The first-order valence-corrected chi connectivity index (χ1v) is 8.08. The lowest BCUT2D eigenvalue weighted by Crippen LogP contribution is -1.91. The number of rotatable bonds is 2. The predicted octanol–water partition coefficient (Wildman–Crippen LogP) is 5.67. The normalized spacial score (nSPS) is 10.8. The summed E-state index contributed by atoms with van der Waals surface area (Å²) >= 11 is 0. The smallest absolute Gasteiger partial charge is 0.134 e. The SMILES string of the molecule is Cc1ccc(-c2ccc(O)c(-c3ccc(C)cc3C)c2O)c(C)c1. The summed E-state index contributed by atoms with van der Waals surface area (Å²) in [6.45, 7) is 8.10. The molecule has 0 saturated carbocycles. The van der Waals surface area contributed by atoms with Crippen LogP contribution < -0.4 is 0 Å². The fourth-order valence-electron chi connectivity index (χ4n) is 3.27. The van der Waals surface area contributed by atoms with Crippen molar-refractivity contribution in [3.8, 4) is 33.8 Å². The van der Waals surface area contributed by atoms with Crippen LogP contribution in [-0.4, -0.2) is 10.2 Å². The van der Waals surface area contributed by atoms with Gasteiger partial charge in [-0.25, -0.2) is 0 Å². The summed E-state index contributed by atoms with van der Waals surface area (Å²) in [5.74, 6) is 0.210. The number of phenols is 2. The van der Waals surface area contributed by atoms with E-state index in [2.05, 4.69) is 19.1 Å². The highest BCUT2D eigenvalue weighted by Gasteiger charge is 2.18. The number of hydrogen-bond acceptors (Lipinski definition) is 2. The minimum absolute atomic E-state index is 0.0907. The van der Waals surface area contributed by atoms with Crippen LogP contribution in [-0.2, 0) is 0 Å². The van der Waals surface area contributed by atoms with Crippen LogP contribution >= 0.6 is 0 Å². The first-order valence-electron chi connectivity index (χ1n) is 8.08. The zero-order valence-electron chi connectivity index (χ0n) is 14.5. The molecule has 24 heavy (non-hydrogen) atoms. The summed E-state index contributed by atoms with van der Waals surface area (Å²) < 4.78 is 0. The van der Waals surface area contributed by atoms with Gasteiger partial charge in [-0.2, -0.15) is 0 Å². The lowest BCUT2D eigenvalue weighted by Gasteiger charge is -2.16. The minimum atomic E-state index is 0.0907. The molecule has 0 aliphatic rings. The van der Waals surface area contributed by atoms with Crippen LogP contribution in [0.1, 0.15) is 22.3 Å². The van der Waals surface area contributed by atoms with Gasteiger partial charge in [0.2, 0.25) is 0 Å². The van der Waals surface area contributed by atoms with Gasteiger partial charge in [-0.1, -0.05) is 47.5 Å². The van der Waals surface area contributed by atoms with Crippen molar-refractivity contribution >= 4 is 0 Å². The Kier molecular flexibility index (Phi) is 4.06. The largest absolute Gasteiger partial charge is 0.507 e. The summed E-state index contributed by atoms with van der Waals surface area (Å²) in [4.78, 5) is 0. The molecule has 2 heteroatoms. The van der Waals surface area contributed by atoms with Crippen LogP contribution in [0.15, 0.2) is 48.5 Å². The van der Waals surface area contributed by atoms with Gasteiger partial charge in [0.15, 0.2) is 0 Å². The second kappa shape index (κ2) is 6.04. The van der Waals surface area contributed by atoms with E-state index in [-0.39, 0.29) is 11.5 Å². The number of aromatic hydroxyl groups is 2. The average Bonchev–Trinajstić information content (AvgIpc) is 2.50. The Hall–Kier alpha value is -2.74. The van der Waals surface area contributed by atoms with E-state index in [9.17, 15) is 10.2 Å². The molecule has 3 aromatic rings. The van der Waals surface area contributed by atoms with Crippen molar-refractivity contribution in [3.63, 3.8) is 0 Å². The van der Waals surface area contributed by atoms with Gasteiger partial charge in [0.05, 0.1) is 5.56 Å². The maximum Gasteiger partial charge on any atom is 0.134 e. The third-order valence-corrected chi connectivity index (χ3v) is 4.48. The molecule has 122 valence electrons. The molecule has 3 aromatic carbocycles.